The van der Waals surface area contributed by atoms with Crippen LogP contribution in [0.3, 0.4) is 0 Å². The largest absolute Gasteiger partial charge is 0.387 e. The molecule has 0 radical (unpaired) electrons. The number of para-hydroxylation sites is 1. The van der Waals surface area contributed by atoms with E-state index in [1.165, 1.54) is 5.39 Å². The zero-order valence-electron chi connectivity index (χ0n) is 7.94. The van der Waals surface area contributed by atoms with Crippen molar-refractivity contribution in [1.82, 2.24) is 4.57 Å². The van der Waals surface area contributed by atoms with Gasteiger partial charge in [0.1, 0.15) is 0 Å². The Bertz CT molecular complexity index is 449. The third-order valence-electron chi connectivity index (χ3n) is 2.43. The fourth-order valence-corrected chi connectivity index (χ4v) is 2.09. The highest BCUT2D eigenvalue weighted by molar-refractivity contribution is 9.09. The van der Waals surface area contributed by atoms with Gasteiger partial charge < -0.3 is 9.67 Å². The van der Waals surface area contributed by atoms with E-state index in [1.807, 2.05) is 29.9 Å². The van der Waals surface area contributed by atoms with Gasteiger partial charge in [-0.1, -0.05) is 34.1 Å². The van der Waals surface area contributed by atoms with Crippen molar-refractivity contribution in [3.63, 3.8) is 0 Å². The summed E-state index contributed by atoms with van der Waals surface area (Å²) in [7, 11) is 1.99. The predicted molar refractivity (Wildman–Crippen MR) is 61.7 cm³/mol. The molecule has 0 saturated carbocycles. The lowest BCUT2D eigenvalue weighted by Crippen LogP contribution is -2.01. The van der Waals surface area contributed by atoms with Crippen LogP contribution in [0.5, 0.6) is 0 Å². The molecule has 1 atom stereocenters. The molecule has 0 amide bonds. The van der Waals surface area contributed by atoms with Gasteiger partial charge in [-0.15, -0.1) is 0 Å². The lowest BCUT2D eigenvalue weighted by atomic mass is 10.1. The monoisotopic (exact) mass is 253 g/mol. The fourth-order valence-electron chi connectivity index (χ4n) is 1.74. The topological polar surface area (TPSA) is 25.2 Å². The molecule has 0 spiro atoms. The van der Waals surface area contributed by atoms with E-state index in [0.717, 1.165) is 11.1 Å². The number of hydrogen-bond donors (Lipinski definition) is 1. The van der Waals surface area contributed by atoms with E-state index in [0.29, 0.717) is 5.33 Å². The van der Waals surface area contributed by atoms with Gasteiger partial charge in [0, 0.05) is 24.1 Å². The number of benzene rings is 1. The molecular formula is C11H12BrNO. The second kappa shape index (κ2) is 3.75. The summed E-state index contributed by atoms with van der Waals surface area (Å²) in [4.78, 5) is 0. The van der Waals surface area contributed by atoms with Gasteiger partial charge in [0.2, 0.25) is 0 Å². The minimum absolute atomic E-state index is 0.438. The molecule has 0 fully saturated rings. The Hall–Kier alpha value is -0.800. The Morgan fingerprint density at radius 1 is 1.43 bits per heavy atom. The molecule has 74 valence electrons. The zero-order valence-corrected chi connectivity index (χ0v) is 9.53. The molecular weight excluding hydrogens is 242 g/mol. The Balaban J connectivity index is 2.69. The molecule has 0 aliphatic heterocycles. The van der Waals surface area contributed by atoms with Crippen molar-refractivity contribution in [2.75, 3.05) is 5.33 Å². The first kappa shape index (κ1) is 9.74. The number of aromatic nitrogens is 1. The predicted octanol–water partition coefficient (Wildman–Crippen LogP) is 2.61. The summed E-state index contributed by atoms with van der Waals surface area (Å²) >= 11 is 3.29. The van der Waals surface area contributed by atoms with Crippen molar-refractivity contribution < 1.29 is 5.11 Å². The SMILES string of the molecule is Cn1ccc2cccc(C(O)CBr)c21. The first-order valence-corrected chi connectivity index (χ1v) is 5.64. The second-order valence-corrected chi connectivity index (χ2v) is 4.03. The standard InChI is InChI=1S/C11H12BrNO/c1-13-6-5-8-3-2-4-9(11(8)13)10(14)7-12/h2-6,10,14H,7H2,1H3. The molecule has 2 nitrogen and oxygen atoms in total. The Morgan fingerprint density at radius 2 is 2.21 bits per heavy atom. The lowest BCUT2D eigenvalue weighted by Gasteiger charge is -2.10. The maximum Gasteiger partial charge on any atom is 0.0907 e. The molecule has 0 saturated heterocycles. The number of aliphatic hydroxyl groups excluding tert-OH is 1. The van der Waals surface area contributed by atoms with Crippen molar-refractivity contribution >= 4 is 26.8 Å². The van der Waals surface area contributed by atoms with Gasteiger partial charge in [-0.05, 0) is 11.5 Å². The molecule has 1 aromatic heterocycles. The van der Waals surface area contributed by atoms with Crippen LogP contribution in [0.4, 0.5) is 0 Å². The summed E-state index contributed by atoms with van der Waals surface area (Å²) < 4.78 is 2.04. The highest BCUT2D eigenvalue weighted by atomic mass is 79.9. The summed E-state index contributed by atoms with van der Waals surface area (Å²) in [6, 6.07) is 8.05. The van der Waals surface area contributed by atoms with Crippen molar-refractivity contribution in [3.05, 3.63) is 36.0 Å². The number of halogens is 1. The number of rotatable bonds is 2. The van der Waals surface area contributed by atoms with Crippen LogP contribution in [-0.2, 0) is 7.05 Å². The van der Waals surface area contributed by atoms with Crippen molar-refractivity contribution in [3.8, 4) is 0 Å². The van der Waals surface area contributed by atoms with Crippen LogP contribution in [-0.4, -0.2) is 15.0 Å². The van der Waals surface area contributed by atoms with Gasteiger partial charge in [-0.3, -0.25) is 0 Å². The van der Waals surface area contributed by atoms with Crippen LogP contribution in [0.25, 0.3) is 10.9 Å². The molecule has 1 N–H and O–H groups in total. The van der Waals surface area contributed by atoms with E-state index in [9.17, 15) is 5.11 Å². The van der Waals surface area contributed by atoms with Gasteiger partial charge >= 0.3 is 0 Å². The second-order valence-electron chi connectivity index (χ2n) is 3.38. The first-order valence-electron chi connectivity index (χ1n) is 4.52. The molecule has 3 heteroatoms. The zero-order chi connectivity index (χ0) is 10.1. The van der Waals surface area contributed by atoms with Gasteiger partial charge in [0.25, 0.3) is 0 Å². The van der Waals surface area contributed by atoms with Crippen LogP contribution in [0.1, 0.15) is 11.7 Å². The van der Waals surface area contributed by atoms with E-state index in [2.05, 4.69) is 28.1 Å². The van der Waals surface area contributed by atoms with Crippen LogP contribution in [0.15, 0.2) is 30.5 Å². The molecule has 1 aromatic carbocycles. The average molecular weight is 254 g/mol. The molecule has 1 unspecified atom stereocenters. The summed E-state index contributed by atoms with van der Waals surface area (Å²) in [6.07, 6.45) is 1.57. The maximum absolute atomic E-state index is 9.81. The van der Waals surface area contributed by atoms with Gasteiger partial charge in [-0.25, -0.2) is 0 Å². The molecule has 1 heterocycles. The minimum atomic E-state index is -0.438. The third-order valence-corrected chi connectivity index (χ3v) is 3.05. The third kappa shape index (κ3) is 1.47. The minimum Gasteiger partial charge on any atom is -0.387 e. The quantitative estimate of drug-likeness (QED) is 0.819. The number of alkyl halides is 1. The summed E-state index contributed by atoms with van der Waals surface area (Å²) in [5.41, 5.74) is 2.09. The smallest absolute Gasteiger partial charge is 0.0907 e. The Morgan fingerprint density at radius 3 is 2.93 bits per heavy atom. The van der Waals surface area contributed by atoms with Crippen molar-refractivity contribution in [2.45, 2.75) is 6.10 Å². The van der Waals surface area contributed by atoms with E-state index in [4.69, 9.17) is 0 Å². The fraction of sp³-hybridized carbons (Fsp3) is 0.273. The number of fused-ring (bicyclic) bond motifs is 1. The number of hydrogen-bond acceptors (Lipinski definition) is 1. The van der Waals surface area contributed by atoms with E-state index in [-0.39, 0.29) is 0 Å². The molecule has 0 bridgehead atoms. The van der Waals surface area contributed by atoms with Crippen molar-refractivity contribution in [2.24, 2.45) is 7.05 Å². The number of aryl methyl sites for hydroxylation is 1. The maximum atomic E-state index is 9.81. The van der Waals surface area contributed by atoms with Crippen LogP contribution in [0, 0.1) is 0 Å². The van der Waals surface area contributed by atoms with E-state index < -0.39 is 6.10 Å². The van der Waals surface area contributed by atoms with Gasteiger partial charge in [-0.2, -0.15) is 0 Å². The number of aliphatic hydroxyl groups is 1. The summed E-state index contributed by atoms with van der Waals surface area (Å²) in [5, 5.41) is 11.5. The van der Waals surface area contributed by atoms with Crippen molar-refractivity contribution in [1.29, 1.82) is 0 Å². The summed E-state index contributed by atoms with van der Waals surface area (Å²) in [5.74, 6) is 0. The first-order chi connectivity index (χ1) is 6.74. The molecule has 14 heavy (non-hydrogen) atoms. The highest BCUT2D eigenvalue weighted by Crippen LogP contribution is 2.25. The Kier molecular flexibility index (Phi) is 2.61. The highest BCUT2D eigenvalue weighted by Gasteiger charge is 2.11. The number of nitrogens with zero attached hydrogens (tertiary/aromatic N) is 1. The van der Waals surface area contributed by atoms with Crippen LogP contribution < -0.4 is 0 Å². The van der Waals surface area contributed by atoms with Gasteiger partial charge in [0.05, 0.1) is 11.6 Å². The normalized spacial score (nSPS) is 13.4. The molecule has 0 aliphatic rings. The van der Waals surface area contributed by atoms with E-state index in [1.54, 1.807) is 0 Å². The summed E-state index contributed by atoms with van der Waals surface area (Å²) in [6.45, 7) is 0. The Labute approximate surface area is 91.3 Å². The molecule has 0 aliphatic carbocycles. The average Bonchev–Trinajstić information content (AvgIpc) is 2.59. The van der Waals surface area contributed by atoms with Crippen LogP contribution >= 0.6 is 15.9 Å². The molecule has 2 aromatic rings. The van der Waals surface area contributed by atoms with E-state index >= 15 is 0 Å². The van der Waals surface area contributed by atoms with Gasteiger partial charge in [0.15, 0.2) is 0 Å². The lowest BCUT2D eigenvalue weighted by molar-refractivity contribution is 0.206. The van der Waals surface area contributed by atoms with Crippen LogP contribution in [0.2, 0.25) is 0 Å². The molecule has 2 rings (SSSR count).